The number of ether oxygens (including phenoxy) is 1. The maximum absolute atomic E-state index is 5.29. The minimum Gasteiger partial charge on any atom is -0.380 e. The number of halogens is 1. The summed E-state index contributed by atoms with van der Waals surface area (Å²) in [6.45, 7) is 0.912. The predicted molar refractivity (Wildman–Crippen MR) is 54.1 cm³/mol. The number of nitrogens with zero attached hydrogens (tertiary/aromatic N) is 2. The smallest absolute Gasteiger partial charge is 0.0771 e. The first-order chi connectivity index (χ1) is 5.81. The highest BCUT2D eigenvalue weighted by molar-refractivity contribution is 14.1. The lowest BCUT2D eigenvalue weighted by molar-refractivity contribution is 0.0672. The summed E-state index contributed by atoms with van der Waals surface area (Å²) >= 11 is 2.33. The van der Waals surface area contributed by atoms with Gasteiger partial charge in [0, 0.05) is 7.11 Å². The highest BCUT2D eigenvalue weighted by Crippen LogP contribution is 2.20. The van der Waals surface area contributed by atoms with Crippen LogP contribution in [0.3, 0.4) is 0 Å². The van der Waals surface area contributed by atoms with Gasteiger partial charge in [0.2, 0.25) is 0 Å². The molecule has 0 N–H and O–H groups in total. The van der Waals surface area contributed by atoms with Crippen molar-refractivity contribution in [3.8, 4) is 0 Å². The van der Waals surface area contributed by atoms with Crippen LogP contribution in [0.2, 0.25) is 0 Å². The Morgan fingerprint density at radius 3 is 3.33 bits per heavy atom. The van der Waals surface area contributed by atoms with Gasteiger partial charge in [-0.05, 0) is 35.4 Å². The lowest BCUT2D eigenvalue weighted by Crippen LogP contribution is -2.26. The first kappa shape index (κ1) is 8.50. The third-order valence-corrected chi connectivity index (χ3v) is 3.21. The van der Waals surface area contributed by atoms with Gasteiger partial charge in [0.05, 0.1) is 28.1 Å². The molecule has 2 rings (SSSR count). The van der Waals surface area contributed by atoms with Crippen LogP contribution in [-0.4, -0.2) is 23.0 Å². The molecule has 1 aromatic heterocycles. The third kappa shape index (κ3) is 1.37. The SMILES string of the molecule is COC1CCc2c(I)cnn2C1. The largest absolute Gasteiger partial charge is 0.380 e. The van der Waals surface area contributed by atoms with Gasteiger partial charge >= 0.3 is 0 Å². The van der Waals surface area contributed by atoms with Gasteiger partial charge in [-0.1, -0.05) is 0 Å². The van der Waals surface area contributed by atoms with Crippen LogP contribution < -0.4 is 0 Å². The zero-order valence-electron chi connectivity index (χ0n) is 6.96. The van der Waals surface area contributed by atoms with Crippen molar-refractivity contribution in [1.82, 2.24) is 9.78 Å². The van der Waals surface area contributed by atoms with Gasteiger partial charge in [-0.2, -0.15) is 5.10 Å². The fraction of sp³-hybridized carbons (Fsp3) is 0.625. The van der Waals surface area contributed by atoms with E-state index in [1.165, 1.54) is 9.26 Å². The summed E-state index contributed by atoms with van der Waals surface area (Å²) in [6.07, 6.45) is 4.50. The van der Waals surface area contributed by atoms with Crippen LogP contribution in [0.1, 0.15) is 12.1 Å². The Balaban J connectivity index is 2.24. The van der Waals surface area contributed by atoms with Crippen molar-refractivity contribution in [2.45, 2.75) is 25.5 Å². The van der Waals surface area contributed by atoms with Gasteiger partial charge in [0.1, 0.15) is 0 Å². The monoisotopic (exact) mass is 278 g/mol. The van der Waals surface area contributed by atoms with Crippen LogP contribution in [0.25, 0.3) is 0 Å². The molecule has 0 amide bonds. The molecule has 0 aliphatic carbocycles. The highest BCUT2D eigenvalue weighted by atomic mass is 127. The van der Waals surface area contributed by atoms with Gasteiger partial charge in [0.15, 0.2) is 0 Å². The van der Waals surface area contributed by atoms with Crippen molar-refractivity contribution in [3.05, 3.63) is 15.5 Å². The van der Waals surface area contributed by atoms with Crippen LogP contribution in [0.4, 0.5) is 0 Å². The molecule has 1 aromatic rings. The van der Waals surface area contributed by atoms with E-state index >= 15 is 0 Å². The summed E-state index contributed by atoms with van der Waals surface area (Å²) in [5, 5.41) is 4.28. The summed E-state index contributed by atoms with van der Waals surface area (Å²) in [7, 11) is 1.77. The first-order valence-electron chi connectivity index (χ1n) is 4.04. The topological polar surface area (TPSA) is 27.1 Å². The number of rotatable bonds is 1. The van der Waals surface area contributed by atoms with Gasteiger partial charge in [-0.3, -0.25) is 4.68 Å². The van der Waals surface area contributed by atoms with Crippen molar-refractivity contribution in [2.24, 2.45) is 0 Å². The Labute approximate surface area is 85.2 Å². The summed E-state index contributed by atoms with van der Waals surface area (Å²) in [5.41, 5.74) is 1.36. The Hall–Kier alpha value is -0.100. The lowest BCUT2D eigenvalue weighted by Gasteiger charge is -2.22. The molecule has 0 spiro atoms. The van der Waals surface area contributed by atoms with Crippen LogP contribution in [0, 0.1) is 3.57 Å². The Bertz CT molecular complexity index is 285. The van der Waals surface area contributed by atoms with Crippen LogP contribution >= 0.6 is 22.6 Å². The van der Waals surface area contributed by atoms with Crippen molar-refractivity contribution in [3.63, 3.8) is 0 Å². The first-order valence-corrected chi connectivity index (χ1v) is 5.12. The quantitative estimate of drug-likeness (QED) is 0.727. The van der Waals surface area contributed by atoms with Crippen molar-refractivity contribution in [2.75, 3.05) is 7.11 Å². The fourth-order valence-corrected chi connectivity index (χ4v) is 2.24. The van der Waals surface area contributed by atoms with Crippen molar-refractivity contribution in [1.29, 1.82) is 0 Å². The van der Waals surface area contributed by atoms with Gasteiger partial charge in [0.25, 0.3) is 0 Å². The average molecular weight is 278 g/mol. The second-order valence-electron chi connectivity index (χ2n) is 3.02. The minimum absolute atomic E-state index is 0.355. The molecular formula is C8H11IN2O. The summed E-state index contributed by atoms with van der Waals surface area (Å²) in [6, 6.07) is 0. The molecule has 3 nitrogen and oxygen atoms in total. The number of fused-ring (bicyclic) bond motifs is 1. The Morgan fingerprint density at radius 2 is 2.58 bits per heavy atom. The molecule has 0 radical (unpaired) electrons. The molecular weight excluding hydrogens is 267 g/mol. The predicted octanol–water partition coefficient (Wildman–Crippen LogP) is 1.45. The standard InChI is InChI=1S/C8H11IN2O/c1-12-6-2-3-8-7(9)4-10-11(8)5-6/h4,6H,2-3,5H2,1H3. The van der Waals surface area contributed by atoms with Crippen LogP contribution in [-0.2, 0) is 17.7 Å². The second kappa shape index (κ2) is 3.33. The normalized spacial score (nSPS) is 22.3. The second-order valence-corrected chi connectivity index (χ2v) is 4.18. The molecule has 1 aliphatic heterocycles. The number of methoxy groups -OCH3 is 1. The van der Waals surface area contributed by atoms with Crippen molar-refractivity contribution >= 4 is 22.6 Å². The van der Waals surface area contributed by atoms with Crippen LogP contribution in [0.5, 0.6) is 0 Å². The minimum atomic E-state index is 0.355. The van der Waals surface area contributed by atoms with E-state index < -0.39 is 0 Å². The lowest BCUT2D eigenvalue weighted by atomic mass is 10.1. The van der Waals surface area contributed by atoms with E-state index in [2.05, 4.69) is 32.4 Å². The maximum Gasteiger partial charge on any atom is 0.0771 e. The van der Waals surface area contributed by atoms with E-state index in [1.807, 2.05) is 6.20 Å². The number of hydrogen-bond donors (Lipinski definition) is 0. The zero-order valence-corrected chi connectivity index (χ0v) is 9.11. The summed E-state index contributed by atoms with van der Waals surface area (Å²) < 4.78 is 8.63. The van der Waals surface area contributed by atoms with E-state index in [0.29, 0.717) is 6.10 Å². The zero-order chi connectivity index (χ0) is 8.55. The summed E-state index contributed by atoms with van der Waals surface area (Å²) in [4.78, 5) is 0. The van der Waals surface area contributed by atoms with Gasteiger partial charge in [-0.25, -0.2) is 0 Å². The third-order valence-electron chi connectivity index (χ3n) is 2.31. The maximum atomic E-state index is 5.29. The molecule has 0 bridgehead atoms. The van der Waals surface area contributed by atoms with Crippen molar-refractivity contribution < 1.29 is 4.74 Å². The fourth-order valence-electron chi connectivity index (χ4n) is 1.57. The molecule has 0 saturated carbocycles. The molecule has 0 fully saturated rings. The molecule has 12 heavy (non-hydrogen) atoms. The molecule has 2 heterocycles. The van der Waals surface area contributed by atoms with E-state index in [4.69, 9.17) is 4.74 Å². The molecule has 1 atom stereocenters. The van der Waals surface area contributed by atoms with Crippen LogP contribution in [0.15, 0.2) is 6.20 Å². The number of hydrogen-bond acceptors (Lipinski definition) is 2. The Kier molecular flexibility index (Phi) is 2.36. The average Bonchev–Trinajstić information content (AvgIpc) is 2.47. The van der Waals surface area contributed by atoms with Gasteiger partial charge in [-0.15, -0.1) is 0 Å². The molecule has 0 aromatic carbocycles. The molecule has 1 aliphatic rings. The summed E-state index contributed by atoms with van der Waals surface area (Å²) in [5.74, 6) is 0. The molecule has 0 saturated heterocycles. The highest BCUT2D eigenvalue weighted by Gasteiger charge is 2.20. The van der Waals surface area contributed by atoms with E-state index in [-0.39, 0.29) is 0 Å². The van der Waals surface area contributed by atoms with E-state index in [0.717, 1.165) is 19.4 Å². The molecule has 4 heteroatoms. The van der Waals surface area contributed by atoms with E-state index in [9.17, 15) is 0 Å². The molecule has 66 valence electrons. The van der Waals surface area contributed by atoms with Gasteiger partial charge < -0.3 is 4.74 Å². The Morgan fingerprint density at radius 1 is 1.75 bits per heavy atom. The number of aromatic nitrogens is 2. The molecule has 1 unspecified atom stereocenters. The van der Waals surface area contributed by atoms with E-state index in [1.54, 1.807) is 7.11 Å².